The maximum absolute atomic E-state index is 10.1. The van der Waals surface area contributed by atoms with Crippen LogP contribution in [0.4, 0.5) is 5.69 Å². The molecule has 11 heavy (non-hydrogen) atoms. The van der Waals surface area contributed by atoms with Gasteiger partial charge < -0.3 is 5.32 Å². The zero-order chi connectivity index (χ0) is 8.27. The summed E-state index contributed by atoms with van der Waals surface area (Å²) in [4.78, 5) is 10.1. The number of hydrogen-bond donors (Lipinski definition) is 1. The molecule has 1 aromatic carbocycles. The van der Waals surface area contributed by atoms with Crippen molar-refractivity contribution in [2.24, 2.45) is 0 Å². The molecule has 0 heterocycles. The standard InChI is InChI=1S/C9H9NO/c1-7-4-3-5-8(2)9(7)10-6-11/h4,6H,1-2H3,(H,10,11). The second-order valence-corrected chi connectivity index (χ2v) is 2.36. The summed E-state index contributed by atoms with van der Waals surface area (Å²) >= 11 is 0. The third-order valence-corrected chi connectivity index (χ3v) is 1.52. The van der Waals surface area contributed by atoms with E-state index in [9.17, 15) is 4.79 Å². The molecule has 0 unspecified atom stereocenters. The van der Waals surface area contributed by atoms with Gasteiger partial charge in [0.25, 0.3) is 0 Å². The summed E-state index contributed by atoms with van der Waals surface area (Å²) in [5, 5.41) is 2.61. The molecule has 0 atom stereocenters. The van der Waals surface area contributed by atoms with Crippen LogP contribution in [0, 0.1) is 26.0 Å². The van der Waals surface area contributed by atoms with E-state index in [0.717, 1.165) is 16.8 Å². The molecule has 0 aliphatic carbocycles. The molecule has 0 saturated heterocycles. The molecule has 0 radical (unpaired) electrons. The van der Waals surface area contributed by atoms with Crippen LogP contribution < -0.4 is 5.32 Å². The van der Waals surface area contributed by atoms with Crippen molar-refractivity contribution in [3.8, 4) is 0 Å². The first kappa shape index (κ1) is 7.62. The van der Waals surface area contributed by atoms with Crippen molar-refractivity contribution in [2.75, 3.05) is 5.32 Å². The Balaban J connectivity index is 3.09. The van der Waals surface area contributed by atoms with E-state index in [-0.39, 0.29) is 0 Å². The second-order valence-electron chi connectivity index (χ2n) is 2.36. The lowest BCUT2D eigenvalue weighted by Crippen LogP contribution is -1.97. The van der Waals surface area contributed by atoms with Crippen molar-refractivity contribution in [3.63, 3.8) is 0 Å². The Hall–Kier alpha value is -1.49. The summed E-state index contributed by atoms with van der Waals surface area (Å²) in [5.41, 5.74) is 2.75. The molecule has 2 heteroatoms. The van der Waals surface area contributed by atoms with Crippen LogP contribution in [0.2, 0.25) is 0 Å². The van der Waals surface area contributed by atoms with Crippen LogP contribution in [-0.4, -0.2) is 6.41 Å². The fourth-order valence-electron chi connectivity index (χ4n) is 0.964. The van der Waals surface area contributed by atoms with Gasteiger partial charge in [0.2, 0.25) is 6.41 Å². The molecule has 0 bridgehead atoms. The first-order valence-corrected chi connectivity index (χ1v) is 3.35. The maximum Gasteiger partial charge on any atom is 0.211 e. The molecule has 0 spiro atoms. The van der Waals surface area contributed by atoms with Gasteiger partial charge in [0.15, 0.2) is 0 Å². The van der Waals surface area contributed by atoms with E-state index in [1.165, 1.54) is 0 Å². The van der Waals surface area contributed by atoms with Crippen LogP contribution >= 0.6 is 0 Å². The van der Waals surface area contributed by atoms with Gasteiger partial charge in [-0.25, -0.2) is 0 Å². The molecule has 0 aliphatic heterocycles. The minimum absolute atomic E-state index is 0.670. The number of carbonyl (C=O) groups excluding carboxylic acids is 1. The Morgan fingerprint density at radius 3 is 2.82 bits per heavy atom. The Morgan fingerprint density at radius 2 is 2.27 bits per heavy atom. The molecule has 1 N–H and O–H groups in total. The van der Waals surface area contributed by atoms with Crippen LogP contribution in [0.25, 0.3) is 0 Å². The van der Waals surface area contributed by atoms with Gasteiger partial charge in [-0.1, -0.05) is 12.1 Å². The van der Waals surface area contributed by atoms with E-state index in [2.05, 4.69) is 17.4 Å². The van der Waals surface area contributed by atoms with Gasteiger partial charge >= 0.3 is 0 Å². The van der Waals surface area contributed by atoms with Crippen LogP contribution in [0.15, 0.2) is 6.07 Å². The quantitative estimate of drug-likeness (QED) is 0.630. The van der Waals surface area contributed by atoms with E-state index in [1.807, 2.05) is 13.8 Å². The molecule has 1 aromatic rings. The third kappa shape index (κ3) is 1.50. The highest BCUT2D eigenvalue weighted by Gasteiger charge is 1.97. The van der Waals surface area contributed by atoms with Crippen LogP contribution in [0.1, 0.15) is 11.1 Å². The van der Waals surface area contributed by atoms with Crippen molar-refractivity contribution >= 4 is 12.1 Å². The van der Waals surface area contributed by atoms with E-state index < -0.39 is 0 Å². The first-order chi connectivity index (χ1) is 5.25. The molecule has 1 rings (SSSR count). The molecule has 0 fully saturated rings. The van der Waals surface area contributed by atoms with Gasteiger partial charge in [-0.3, -0.25) is 4.79 Å². The summed E-state index contributed by atoms with van der Waals surface area (Å²) in [6, 6.07) is 7.52. The van der Waals surface area contributed by atoms with Crippen molar-refractivity contribution in [1.29, 1.82) is 0 Å². The maximum atomic E-state index is 10.1. The van der Waals surface area contributed by atoms with Crippen molar-refractivity contribution < 1.29 is 4.79 Å². The molecule has 0 aromatic heterocycles. The molecule has 56 valence electrons. The molecule has 2 nitrogen and oxygen atoms in total. The van der Waals surface area contributed by atoms with E-state index in [1.54, 1.807) is 6.07 Å². The van der Waals surface area contributed by atoms with Crippen molar-refractivity contribution in [3.05, 3.63) is 29.3 Å². The normalized spacial score (nSPS) is 8.55. The highest BCUT2D eigenvalue weighted by molar-refractivity contribution is 5.74. The molecule has 0 saturated carbocycles. The molecule has 1 amide bonds. The smallest absolute Gasteiger partial charge is 0.211 e. The van der Waals surface area contributed by atoms with E-state index in [4.69, 9.17) is 0 Å². The Bertz CT molecular complexity index is 248. The fourth-order valence-corrected chi connectivity index (χ4v) is 0.964. The number of hydrogen-bond acceptors (Lipinski definition) is 1. The van der Waals surface area contributed by atoms with E-state index in [0.29, 0.717) is 6.41 Å². The molecule has 0 aliphatic rings. The molecular formula is C9H9NO. The first-order valence-electron chi connectivity index (χ1n) is 3.35. The van der Waals surface area contributed by atoms with Crippen LogP contribution in [0.5, 0.6) is 0 Å². The summed E-state index contributed by atoms with van der Waals surface area (Å²) in [6.45, 7) is 3.80. The van der Waals surface area contributed by atoms with Gasteiger partial charge in [-0.2, -0.15) is 0 Å². The number of aryl methyl sites for hydroxylation is 1. The monoisotopic (exact) mass is 147 g/mol. The fraction of sp³-hybridized carbons (Fsp3) is 0.222. The predicted octanol–water partition coefficient (Wildman–Crippen LogP) is 1.47. The van der Waals surface area contributed by atoms with Crippen LogP contribution in [0.3, 0.4) is 0 Å². The van der Waals surface area contributed by atoms with E-state index >= 15 is 0 Å². The third-order valence-electron chi connectivity index (χ3n) is 1.52. The van der Waals surface area contributed by atoms with Crippen molar-refractivity contribution in [1.82, 2.24) is 0 Å². The number of nitrogens with one attached hydrogen (secondary N) is 1. The Labute approximate surface area is 66.2 Å². The highest BCUT2D eigenvalue weighted by atomic mass is 16.1. The second kappa shape index (κ2) is 3.07. The summed E-state index contributed by atoms with van der Waals surface area (Å²) in [6.07, 6.45) is 0.670. The number of rotatable bonds is 2. The van der Waals surface area contributed by atoms with Gasteiger partial charge in [0.05, 0.1) is 5.69 Å². The summed E-state index contributed by atoms with van der Waals surface area (Å²) in [7, 11) is 0. The lowest BCUT2D eigenvalue weighted by Gasteiger charge is -2.02. The number of amides is 1. The Kier molecular flexibility index (Phi) is 2.12. The van der Waals surface area contributed by atoms with Gasteiger partial charge in [-0.15, -0.1) is 0 Å². The zero-order valence-electron chi connectivity index (χ0n) is 6.56. The lowest BCUT2D eigenvalue weighted by molar-refractivity contribution is -0.105. The minimum atomic E-state index is 0.670. The summed E-state index contributed by atoms with van der Waals surface area (Å²) < 4.78 is 0. The minimum Gasteiger partial charge on any atom is -0.328 e. The largest absolute Gasteiger partial charge is 0.328 e. The molecular weight excluding hydrogens is 138 g/mol. The highest BCUT2D eigenvalue weighted by Crippen LogP contribution is 2.15. The SMILES string of the molecule is Cc1c#ccc(C)c1NC=O. The number of anilines is 1. The van der Waals surface area contributed by atoms with Crippen LogP contribution in [-0.2, 0) is 4.79 Å². The van der Waals surface area contributed by atoms with Gasteiger partial charge in [0.1, 0.15) is 0 Å². The van der Waals surface area contributed by atoms with Gasteiger partial charge in [-0.05, 0) is 25.5 Å². The average molecular weight is 147 g/mol. The van der Waals surface area contributed by atoms with Gasteiger partial charge in [0, 0.05) is 5.56 Å². The zero-order valence-corrected chi connectivity index (χ0v) is 6.56. The lowest BCUT2D eigenvalue weighted by atomic mass is 10.1. The predicted molar refractivity (Wildman–Crippen MR) is 43.3 cm³/mol. The van der Waals surface area contributed by atoms with Crippen molar-refractivity contribution in [2.45, 2.75) is 13.8 Å². The Morgan fingerprint density at radius 1 is 1.55 bits per heavy atom. The number of carbonyl (C=O) groups is 1. The summed E-state index contributed by atoms with van der Waals surface area (Å²) in [5.74, 6) is 0. The average Bonchev–Trinajstić information content (AvgIpc) is 1.97. The topological polar surface area (TPSA) is 29.1 Å².